The lowest BCUT2D eigenvalue weighted by Crippen LogP contribution is -2.68. The highest BCUT2D eigenvalue weighted by molar-refractivity contribution is 6.31. The monoisotopic (exact) mass is 556 g/mol. The summed E-state index contributed by atoms with van der Waals surface area (Å²) in [5.74, 6) is -10.9. The molecule has 0 bridgehead atoms. The topological polar surface area (TPSA) is 194 Å². The zero-order chi connectivity index (χ0) is 29.2. The van der Waals surface area contributed by atoms with Crippen LogP contribution in [0.3, 0.4) is 0 Å². The molecule has 1 aromatic heterocycles. The summed E-state index contributed by atoms with van der Waals surface area (Å²) in [6.07, 6.45) is 1.16. The number of rotatable bonds is 4. The second kappa shape index (κ2) is 9.34. The summed E-state index contributed by atoms with van der Waals surface area (Å²) in [4.78, 5) is 77.0. The van der Waals surface area contributed by atoms with Crippen molar-refractivity contribution in [2.45, 2.75) is 24.9 Å². The van der Waals surface area contributed by atoms with Crippen LogP contribution in [0.15, 0.2) is 59.2 Å². The molecule has 0 spiro atoms. The quantitative estimate of drug-likeness (QED) is 0.347. The molecule has 11 nitrogen and oxygen atoms in total. The number of aromatic hydroxyl groups is 1. The number of ketones is 4. The van der Waals surface area contributed by atoms with Crippen molar-refractivity contribution in [3.63, 3.8) is 0 Å². The Morgan fingerprint density at radius 1 is 0.976 bits per heavy atom. The smallest absolute Gasteiger partial charge is 0.291 e. The molecular formula is C30H24N2O9. The average Bonchev–Trinajstić information content (AvgIpc) is 3.47. The number of carbonyl (C=O) groups excluding carboxylic acids is 6. The molecule has 0 aliphatic heterocycles. The summed E-state index contributed by atoms with van der Waals surface area (Å²) in [5, 5.41) is 24.7. The number of anilines is 1. The second-order valence-electron chi connectivity index (χ2n) is 10.7. The average molecular weight is 557 g/mol. The van der Waals surface area contributed by atoms with Crippen LogP contribution in [0.2, 0.25) is 0 Å². The van der Waals surface area contributed by atoms with E-state index >= 15 is 0 Å². The molecule has 5 N–H and O–H groups in total. The van der Waals surface area contributed by atoms with Gasteiger partial charge in [-0.25, -0.2) is 0 Å². The third-order valence-electron chi connectivity index (χ3n) is 8.48. The lowest BCUT2D eigenvalue weighted by molar-refractivity contribution is -0.175. The van der Waals surface area contributed by atoms with E-state index in [-0.39, 0.29) is 29.9 Å². The van der Waals surface area contributed by atoms with Crippen molar-refractivity contribution in [1.82, 2.24) is 0 Å². The first-order valence-electron chi connectivity index (χ1n) is 13.0. The van der Waals surface area contributed by atoms with Crippen LogP contribution in [-0.4, -0.2) is 50.8 Å². The van der Waals surface area contributed by atoms with Crippen molar-refractivity contribution < 1.29 is 43.4 Å². The van der Waals surface area contributed by atoms with Gasteiger partial charge in [0.25, 0.3) is 5.91 Å². The van der Waals surface area contributed by atoms with Crippen LogP contribution < -0.4 is 11.1 Å². The number of fused-ring (bicyclic) bond motifs is 3. The first kappa shape index (κ1) is 26.3. The minimum Gasteiger partial charge on any atom is -0.507 e. The number of aliphatic hydroxyl groups is 1. The zero-order valence-electron chi connectivity index (χ0n) is 21.5. The van der Waals surface area contributed by atoms with E-state index in [1.54, 1.807) is 36.4 Å². The van der Waals surface area contributed by atoms with Gasteiger partial charge in [0, 0.05) is 18.0 Å². The van der Waals surface area contributed by atoms with E-state index < -0.39 is 70.6 Å². The van der Waals surface area contributed by atoms with Gasteiger partial charge in [-0.05, 0) is 65.8 Å². The Kier molecular flexibility index (Phi) is 6.00. The Bertz CT molecular complexity index is 1660. The fraction of sp³-hybridized carbons (Fsp3) is 0.267. The Hall–Kier alpha value is -4.90. The number of phenolic OH excluding ortho intramolecular Hbond substituents is 1. The van der Waals surface area contributed by atoms with Gasteiger partial charge in [-0.15, -0.1) is 0 Å². The predicted octanol–water partition coefficient (Wildman–Crippen LogP) is 1.84. The van der Waals surface area contributed by atoms with E-state index in [0.29, 0.717) is 22.4 Å². The van der Waals surface area contributed by atoms with Crippen molar-refractivity contribution in [3.8, 4) is 16.9 Å². The van der Waals surface area contributed by atoms with Gasteiger partial charge in [-0.3, -0.25) is 28.8 Å². The largest absolute Gasteiger partial charge is 0.507 e. The van der Waals surface area contributed by atoms with E-state index in [1.807, 2.05) is 0 Å². The number of primary amides is 1. The Morgan fingerprint density at radius 2 is 1.71 bits per heavy atom. The van der Waals surface area contributed by atoms with Crippen molar-refractivity contribution in [1.29, 1.82) is 0 Å². The number of phenols is 1. The van der Waals surface area contributed by atoms with Gasteiger partial charge in [0.1, 0.15) is 5.75 Å². The Labute approximate surface area is 232 Å². The third kappa shape index (κ3) is 3.92. The number of furan rings is 1. The Balaban J connectivity index is 1.34. The van der Waals surface area contributed by atoms with Crippen molar-refractivity contribution in [3.05, 3.63) is 71.7 Å². The van der Waals surface area contributed by atoms with Crippen molar-refractivity contribution >= 4 is 40.6 Å². The first-order valence-corrected chi connectivity index (χ1v) is 13.0. The SMILES string of the molecule is NC(=O)C1C(=O)C[C@@H]2C[C@@H]3Cc4c(-c5ccc(NC(=O)c6ccco6)cc5)ccc(O)c4C(=O)C3C(=O)[C@]2(O)C1=O. The number of Topliss-reactive ketones (excluding diaryl/α,β-unsaturated/α-hetero) is 4. The van der Waals surface area contributed by atoms with Crippen molar-refractivity contribution in [2.24, 2.45) is 29.4 Å². The summed E-state index contributed by atoms with van der Waals surface area (Å²) in [5.41, 5.74) is 4.72. The summed E-state index contributed by atoms with van der Waals surface area (Å²) in [7, 11) is 0. The summed E-state index contributed by atoms with van der Waals surface area (Å²) < 4.78 is 5.10. The third-order valence-corrected chi connectivity index (χ3v) is 8.48. The van der Waals surface area contributed by atoms with Crippen molar-refractivity contribution in [2.75, 3.05) is 5.32 Å². The standard InChI is InChI=1S/C30H24N2O9/c31-28(38)24-20(34)12-15-10-14-11-18-17(13-3-5-16(6-4-13)32-29(39)21-2-1-9-41-21)7-8-19(33)23(18)25(35)22(14)26(36)30(15,40)27(24)37/h1-9,14-15,22,24,33,40H,10-12H2,(H2,31,38)(H,32,39)/t14-,15+,22?,24?,30+/m1/s1. The number of amides is 2. The number of nitrogens with two attached hydrogens (primary N) is 1. The van der Waals surface area contributed by atoms with Crippen LogP contribution in [0.4, 0.5) is 5.69 Å². The molecule has 3 aliphatic rings. The fourth-order valence-electron chi connectivity index (χ4n) is 6.57. The van der Waals surface area contributed by atoms with Crippen LogP contribution in [0.25, 0.3) is 11.1 Å². The van der Waals surface area contributed by atoms with E-state index in [9.17, 15) is 39.0 Å². The molecule has 2 fully saturated rings. The Morgan fingerprint density at radius 3 is 2.37 bits per heavy atom. The fourth-order valence-corrected chi connectivity index (χ4v) is 6.57. The van der Waals surface area contributed by atoms with Gasteiger partial charge >= 0.3 is 0 Å². The molecule has 41 heavy (non-hydrogen) atoms. The van der Waals surface area contributed by atoms with Crippen LogP contribution in [0, 0.1) is 23.7 Å². The predicted molar refractivity (Wildman–Crippen MR) is 141 cm³/mol. The summed E-state index contributed by atoms with van der Waals surface area (Å²) in [6, 6.07) is 12.9. The summed E-state index contributed by atoms with van der Waals surface area (Å²) in [6.45, 7) is 0. The zero-order valence-corrected chi connectivity index (χ0v) is 21.5. The van der Waals surface area contributed by atoms with E-state index in [0.717, 1.165) is 0 Å². The van der Waals surface area contributed by atoms with Gasteiger partial charge < -0.3 is 25.7 Å². The van der Waals surface area contributed by atoms with E-state index in [2.05, 4.69) is 5.32 Å². The number of benzene rings is 2. The van der Waals surface area contributed by atoms with Crippen LogP contribution in [0.5, 0.6) is 5.75 Å². The highest BCUT2D eigenvalue weighted by Gasteiger charge is 2.66. The molecule has 5 atom stereocenters. The van der Waals surface area contributed by atoms with Gasteiger partial charge in [-0.1, -0.05) is 18.2 Å². The minimum absolute atomic E-state index is 0.00783. The summed E-state index contributed by atoms with van der Waals surface area (Å²) >= 11 is 0. The first-order chi connectivity index (χ1) is 19.5. The molecule has 2 saturated carbocycles. The highest BCUT2D eigenvalue weighted by atomic mass is 16.3. The number of nitrogens with one attached hydrogen (secondary N) is 1. The van der Waals surface area contributed by atoms with Crippen LogP contribution >= 0.6 is 0 Å². The number of hydrogen-bond acceptors (Lipinski definition) is 9. The molecule has 0 saturated heterocycles. The molecule has 2 aromatic carbocycles. The molecular weight excluding hydrogens is 532 g/mol. The van der Waals surface area contributed by atoms with Gasteiger partial charge in [0.15, 0.2) is 40.4 Å². The molecule has 1 heterocycles. The van der Waals surface area contributed by atoms with Crippen LogP contribution in [0.1, 0.15) is 39.3 Å². The lowest BCUT2D eigenvalue weighted by atomic mass is 9.53. The lowest BCUT2D eigenvalue weighted by Gasteiger charge is -2.48. The maximum absolute atomic E-state index is 13.7. The van der Waals surface area contributed by atoms with E-state index in [4.69, 9.17) is 10.2 Å². The molecule has 3 aromatic rings. The maximum Gasteiger partial charge on any atom is 0.291 e. The van der Waals surface area contributed by atoms with Gasteiger partial charge in [-0.2, -0.15) is 0 Å². The molecule has 0 radical (unpaired) electrons. The normalized spacial score (nSPS) is 27.0. The number of hydrogen-bond donors (Lipinski definition) is 4. The molecule has 2 amide bonds. The maximum atomic E-state index is 13.7. The molecule has 3 aliphatic carbocycles. The molecule has 208 valence electrons. The van der Waals surface area contributed by atoms with E-state index in [1.165, 1.54) is 18.4 Å². The number of carbonyl (C=O) groups is 6. The molecule has 6 rings (SSSR count). The van der Waals surface area contributed by atoms with Gasteiger partial charge in [0.05, 0.1) is 17.7 Å². The van der Waals surface area contributed by atoms with Gasteiger partial charge in [0.2, 0.25) is 5.91 Å². The minimum atomic E-state index is -2.69. The second-order valence-corrected chi connectivity index (χ2v) is 10.7. The molecule has 2 unspecified atom stereocenters. The van der Waals surface area contributed by atoms with Crippen LogP contribution in [-0.2, 0) is 25.6 Å². The highest BCUT2D eigenvalue weighted by Crippen LogP contribution is 2.51. The molecule has 11 heteroatoms.